The maximum absolute atomic E-state index is 13.7. The molecule has 1 saturated heterocycles. The summed E-state index contributed by atoms with van der Waals surface area (Å²) in [4.78, 5) is 12.1. The zero-order valence-electron chi connectivity index (χ0n) is 11.9. The Morgan fingerprint density at radius 3 is 2.71 bits per heavy atom. The maximum atomic E-state index is 13.7. The number of benzene rings is 1. The summed E-state index contributed by atoms with van der Waals surface area (Å²) in [6, 6.07) is 3.41. The van der Waals surface area contributed by atoms with Crippen molar-refractivity contribution in [2.45, 2.75) is 31.3 Å². The number of thioether (sulfide) groups is 1. The van der Waals surface area contributed by atoms with Gasteiger partial charge in [0.1, 0.15) is 17.2 Å². The van der Waals surface area contributed by atoms with Crippen molar-refractivity contribution in [2.24, 2.45) is 0 Å². The monoisotopic (exact) mass is 315 g/mol. The van der Waals surface area contributed by atoms with E-state index in [0.29, 0.717) is 18.4 Å². The third-order valence-electron chi connectivity index (χ3n) is 3.80. The number of carbonyl (C=O) groups excluding carboxylic acids is 1. The van der Waals surface area contributed by atoms with Crippen LogP contribution in [0.4, 0.5) is 8.78 Å². The van der Waals surface area contributed by atoms with Crippen LogP contribution in [0.5, 0.6) is 0 Å². The molecule has 0 spiro atoms. The molecule has 21 heavy (non-hydrogen) atoms. The second kappa shape index (κ2) is 6.75. The van der Waals surface area contributed by atoms with Crippen LogP contribution in [0, 0.1) is 11.6 Å². The molecule has 0 bridgehead atoms. The number of rotatable bonds is 4. The number of hydrogen-bond acceptors (Lipinski definition) is 3. The minimum absolute atomic E-state index is 0.205. The van der Waals surface area contributed by atoms with Crippen molar-refractivity contribution < 1.29 is 18.7 Å². The van der Waals surface area contributed by atoms with Crippen LogP contribution < -0.4 is 5.32 Å². The molecule has 0 radical (unpaired) electrons. The van der Waals surface area contributed by atoms with Gasteiger partial charge in [0.2, 0.25) is 0 Å². The predicted octanol–water partition coefficient (Wildman–Crippen LogP) is 2.44. The van der Waals surface area contributed by atoms with Gasteiger partial charge in [-0.3, -0.25) is 4.79 Å². The fraction of sp³-hybridized carbons (Fsp3) is 0.533. The third-order valence-corrected chi connectivity index (χ3v) is 4.79. The summed E-state index contributed by atoms with van der Waals surface area (Å²) >= 11 is 1.71. The standard InChI is InChI=1S/C15H19F2NO2S/c1-10(12-3-2-11(16)8-13(12)17)9-18-14(19)15(20)4-6-21-7-5-15/h2-3,8,10,20H,4-7,9H2,1H3,(H,18,19). The first-order valence-corrected chi connectivity index (χ1v) is 8.11. The van der Waals surface area contributed by atoms with Gasteiger partial charge < -0.3 is 10.4 Å². The fourth-order valence-corrected chi connectivity index (χ4v) is 3.53. The van der Waals surface area contributed by atoms with Gasteiger partial charge in [-0.05, 0) is 36.0 Å². The molecule has 1 heterocycles. The van der Waals surface area contributed by atoms with Crippen LogP contribution in [-0.4, -0.2) is 34.7 Å². The molecule has 1 fully saturated rings. The minimum Gasteiger partial charge on any atom is -0.380 e. The first kappa shape index (κ1) is 16.2. The first-order chi connectivity index (χ1) is 9.92. The molecule has 1 aromatic rings. The number of hydrogen-bond donors (Lipinski definition) is 2. The van der Waals surface area contributed by atoms with Gasteiger partial charge in [0.15, 0.2) is 0 Å². The normalized spacial score (nSPS) is 19.0. The number of halogens is 2. The molecule has 1 unspecified atom stereocenters. The molecular weight excluding hydrogens is 296 g/mol. The predicted molar refractivity (Wildman–Crippen MR) is 79.3 cm³/mol. The highest BCUT2D eigenvalue weighted by atomic mass is 32.2. The molecule has 0 aromatic heterocycles. The number of aliphatic hydroxyl groups is 1. The molecule has 1 aliphatic rings. The van der Waals surface area contributed by atoms with Gasteiger partial charge in [-0.2, -0.15) is 11.8 Å². The van der Waals surface area contributed by atoms with Crippen LogP contribution >= 0.6 is 11.8 Å². The summed E-state index contributed by atoms with van der Waals surface area (Å²) in [5.41, 5.74) is -0.963. The van der Waals surface area contributed by atoms with Gasteiger partial charge in [0.25, 0.3) is 5.91 Å². The summed E-state index contributed by atoms with van der Waals surface area (Å²) in [6.07, 6.45) is 0.867. The van der Waals surface area contributed by atoms with Crippen molar-refractivity contribution in [1.82, 2.24) is 5.32 Å². The summed E-state index contributed by atoms with van der Waals surface area (Å²) in [7, 11) is 0. The van der Waals surface area contributed by atoms with Gasteiger partial charge in [-0.15, -0.1) is 0 Å². The fourth-order valence-electron chi connectivity index (χ4n) is 2.36. The Morgan fingerprint density at radius 1 is 1.43 bits per heavy atom. The lowest BCUT2D eigenvalue weighted by atomic mass is 9.95. The second-order valence-electron chi connectivity index (χ2n) is 5.42. The Kier molecular flexibility index (Phi) is 5.22. The van der Waals surface area contributed by atoms with E-state index in [1.54, 1.807) is 18.7 Å². The molecule has 1 aromatic carbocycles. The van der Waals surface area contributed by atoms with Gasteiger partial charge in [-0.25, -0.2) is 8.78 Å². The average Bonchev–Trinajstić information content (AvgIpc) is 2.45. The smallest absolute Gasteiger partial charge is 0.252 e. The highest BCUT2D eigenvalue weighted by Crippen LogP contribution is 2.27. The van der Waals surface area contributed by atoms with Crippen molar-refractivity contribution in [3.63, 3.8) is 0 Å². The topological polar surface area (TPSA) is 49.3 Å². The molecule has 1 aliphatic heterocycles. The number of carbonyl (C=O) groups is 1. The van der Waals surface area contributed by atoms with Crippen LogP contribution in [0.25, 0.3) is 0 Å². The molecule has 1 atom stereocenters. The van der Waals surface area contributed by atoms with E-state index in [0.717, 1.165) is 17.6 Å². The van der Waals surface area contributed by atoms with E-state index < -0.39 is 23.1 Å². The Bertz CT molecular complexity index is 518. The van der Waals surface area contributed by atoms with Gasteiger partial charge in [0, 0.05) is 18.5 Å². The van der Waals surface area contributed by atoms with Crippen LogP contribution in [0.1, 0.15) is 31.2 Å². The Hall–Kier alpha value is -1.14. The Balaban J connectivity index is 1.94. The van der Waals surface area contributed by atoms with E-state index in [4.69, 9.17) is 0 Å². The van der Waals surface area contributed by atoms with Crippen molar-refractivity contribution in [3.8, 4) is 0 Å². The highest BCUT2D eigenvalue weighted by molar-refractivity contribution is 7.99. The van der Waals surface area contributed by atoms with E-state index in [1.807, 2.05) is 0 Å². The summed E-state index contributed by atoms with van der Waals surface area (Å²) < 4.78 is 26.5. The first-order valence-electron chi connectivity index (χ1n) is 6.96. The van der Waals surface area contributed by atoms with Gasteiger partial charge in [-0.1, -0.05) is 13.0 Å². The Morgan fingerprint density at radius 2 is 2.10 bits per heavy atom. The summed E-state index contributed by atoms with van der Waals surface area (Å²) in [5, 5.41) is 12.9. The lowest BCUT2D eigenvalue weighted by Crippen LogP contribution is -2.49. The molecule has 2 N–H and O–H groups in total. The average molecular weight is 315 g/mol. The van der Waals surface area contributed by atoms with Gasteiger partial charge in [0.05, 0.1) is 0 Å². The maximum Gasteiger partial charge on any atom is 0.252 e. The van der Waals surface area contributed by atoms with Crippen LogP contribution in [0.3, 0.4) is 0 Å². The molecule has 1 amide bonds. The molecule has 0 aliphatic carbocycles. The molecule has 0 saturated carbocycles. The van der Waals surface area contributed by atoms with Crippen molar-refractivity contribution in [1.29, 1.82) is 0 Å². The SMILES string of the molecule is CC(CNC(=O)C1(O)CCSCC1)c1ccc(F)cc1F. The van der Waals surface area contributed by atoms with E-state index >= 15 is 0 Å². The zero-order valence-corrected chi connectivity index (χ0v) is 12.7. The van der Waals surface area contributed by atoms with Crippen molar-refractivity contribution in [3.05, 3.63) is 35.4 Å². The lowest BCUT2D eigenvalue weighted by molar-refractivity contribution is -0.140. The zero-order chi connectivity index (χ0) is 15.5. The molecule has 2 rings (SSSR count). The van der Waals surface area contributed by atoms with E-state index in [9.17, 15) is 18.7 Å². The molecular formula is C15H19F2NO2S. The van der Waals surface area contributed by atoms with Crippen molar-refractivity contribution in [2.75, 3.05) is 18.1 Å². The van der Waals surface area contributed by atoms with Crippen LogP contribution in [0.15, 0.2) is 18.2 Å². The quantitative estimate of drug-likeness (QED) is 0.897. The molecule has 6 heteroatoms. The lowest BCUT2D eigenvalue weighted by Gasteiger charge is -2.30. The van der Waals surface area contributed by atoms with E-state index in [2.05, 4.69) is 5.32 Å². The molecule has 116 valence electrons. The number of amides is 1. The number of nitrogens with one attached hydrogen (secondary N) is 1. The van der Waals surface area contributed by atoms with Crippen LogP contribution in [-0.2, 0) is 4.79 Å². The minimum atomic E-state index is -1.31. The third kappa shape index (κ3) is 3.95. The van der Waals surface area contributed by atoms with E-state index in [1.165, 1.54) is 12.1 Å². The highest BCUT2D eigenvalue weighted by Gasteiger charge is 2.37. The van der Waals surface area contributed by atoms with E-state index in [-0.39, 0.29) is 12.5 Å². The Labute approximate surface area is 127 Å². The largest absolute Gasteiger partial charge is 0.380 e. The second-order valence-corrected chi connectivity index (χ2v) is 6.65. The summed E-state index contributed by atoms with van der Waals surface area (Å²) in [5.74, 6) is -0.433. The summed E-state index contributed by atoms with van der Waals surface area (Å²) in [6.45, 7) is 1.95. The van der Waals surface area contributed by atoms with Gasteiger partial charge >= 0.3 is 0 Å². The van der Waals surface area contributed by atoms with Crippen LogP contribution in [0.2, 0.25) is 0 Å². The van der Waals surface area contributed by atoms with Crippen molar-refractivity contribution >= 4 is 17.7 Å². The molecule has 3 nitrogen and oxygen atoms in total.